The average Bonchev–Trinajstić information content (AvgIpc) is 3.20. The van der Waals surface area contributed by atoms with Crippen molar-refractivity contribution in [1.29, 1.82) is 0 Å². The topological polar surface area (TPSA) is 64.0 Å². The molecule has 1 N–H and O–H groups in total. The Kier molecular flexibility index (Phi) is 6.18. The number of anilines is 1. The molecule has 0 aliphatic carbocycles. The lowest BCUT2D eigenvalue weighted by molar-refractivity contribution is -0.113. The van der Waals surface area contributed by atoms with Crippen LogP contribution >= 0.6 is 34.7 Å². The van der Waals surface area contributed by atoms with Gasteiger partial charge in [-0.1, -0.05) is 47.1 Å². The summed E-state index contributed by atoms with van der Waals surface area (Å²) in [6.45, 7) is 5.84. The summed E-state index contributed by atoms with van der Waals surface area (Å²) in [6.07, 6.45) is 0. The highest BCUT2D eigenvalue weighted by Crippen LogP contribution is 2.27. The highest BCUT2D eigenvalue weighted by molar-refractivity contribution is 7.99. The lowest BCUT2D eigenvalue weighted by atomic mass is 10.1. The van der Waals surface area contributed by atoms with Crippen LogP contribution < -0.4 is 10.9 Å². The molecule has 2 aromatic carbocycles. The molecule has 0 saturated carbocycles. The van der Waals surface area contributed by atoms with E-state index in [9.17, 15) is 9.59 Å². The molecular formula is C23H20ClN3O2S2. The van der Waals surface area contributed by atoms with Crippen molar-refractivity contribution in [3.8, 4) is 5.69 Å². The van der Waals surface area contributed by atoms with Gasteiger partial charge in [0.1, 0.15) is 4.70 Å². The summed E-state index contributed by atoms with van der Waals surface area (Å²) in [5.41, 5.74) is 4.86. The smallest absolute Gasteiger partial charge is 0.276 e. The molecular weight excluding hydrogens is 450 g/mol. The number of carbonyl (C=O) groups is 1. The number of rotatable bonds is 5. The number of thiophene rings is 1. The Morgan fingerprint density at radius 1 is 1.19 bits per heavy atom. The fourth-order valence-corrected chi connectivity index (χ4v) is 5.06. The van der Waals surface area contributed by atoms with Crippen LogP contribution in [0.3, 0.4) is 0 Å². The molecule has 0 atom stereocenters. The van der Waals surface area contributed by atoms with Gasteiger partial charge in [0.25, 0.3) is 5.56 Å². The number of aryl methyl sites for hydroxylation is 2. The molecule has 2 heterocycles. The van der Waals surface area contributed by atoms with E-state index < -0.39 is 0 Å². The van der Waals surface area contributed by atoms with Gasteiger partial charge in [-0.25, -0.2) is 4.98 Å². The predicted octanol–water partition coefficient (Wildman–Crippen LogP) is 5.76. The third-order valence-corrected chi connectivity index (χ3v) is 7.16. The zero-order chi connectivity index (χ0) is 22.1. The molecule has 0 unspecified atom stereocenters. The van der Waals surface area contributed by atoms with Crippen molar-refractivity contribution in [3.05, 3.63) is 79.9 Å². The molecule has 31 heavy (non-hydrogen) atoms. The summed E-state index contributed by atoms with van der Waals surface area (Å²) in [7, 11) is 0. The van der Waals surface area contributed by atoms with E-state index in [1.807, 2.05) is 56.5 Å². The Morgan fingerprint density at radius 3 is 2.77 bits per heavy atom. The van der Waals surface area contributed by atoms with Crippen molar-refractivity contribution in [2.45, 2.75) is 25.9 Å². The molecule has 0 bridgehead atoms. The summed E-state index contributed by atoms with van der Waals surface area (Å²) < 4.78 is 2.21. The van der Waals surface area contributed by atoms with Crippen LogP contribution in [0.5, 0.6) is 0 Å². The third kappa shape index (κ3) is 4.39. The summed E-state index contributed by atoms with van der Waals surface area (Å²) >= 11 is 8.75. The number of halogens is 1. The number of carbonyl (C=O) groups excluding carboxylic acids is 1. The number of fused-ring (bicyclic) bond motifs is 1. The van der Waals surface area contributed by atoms with Gasteiger partial charge in [0.15, 0.2) is 5.16 Å². The van der Waals surface area contributed by atoms with Crippen molar-refractivity contribution >= 4 is 56.5 Å². The molecule has 158 valence electrons. The molecule has 2 aromatic heterocycles. The Morgan fingerprint density at radius 2 is 2.00 bits per heavy atom. The second kappa shape index (κ2) is 8.86. The van der Waals surface area contributed by atoms with Crippen LogP contribution in [0.15, 0.2) is 57.8 Å². The fourth-order valence-electron chi connectivity index (χ4n) is 3.32. The number of amides is 1. The van der Waals surface area contributed by atoms with E-state index in [0.29, 0.717) is 26.1 Å². The molecule has 0 spiro atoms. The highest BCUT2D eigenvalue weighted by Gasteiger charge is 2.17. The predicted molar refractivity (Wildman–Crippen MR) is 130 cm³/mol. The summed E-state index contributed by atoms with van der Waals surface area (Å²) in [4.78, 5) is 30.6. The van der Waals surface area contributed by atoms with Gasteiger partial charge in [0.2, 0.25) is 5.91 Å². The van der Waals surface area contributed by atoms with Crippen LogP contribution in [-0.2, 0) is 4.79 Å². The van der Waals surface area contributed by atoms with Gasteiger partial charge in [-0.05, 0) is 61.5 Å². The van der Waals surface area contributed by atoms with Crippen molar-refractivity contribution in [3.63, 3.8) is 0 Å². The van der Waals surface area contributed by atoms with Crippen molar-refractivity contribution in [2.24, 2.45) is 0 Å². The number of benzene rings is 2. The largest absolute Gasteiger partial charge is 0.325 e. The van der Waals surface area contributed by atoms with E-state index in [4.69, 9.17) is 11.6 Å². The van der Waals surface area contributed by atoms with Crippen LogP contribution in [0.1, 0.15) is 16.7 Å². The van der Waals surface area contributed by atoms with Crippen molar-refractivity contribution < 1.29 is 4.79 Å². The van der Waals surface area contributed by atoms with Crippen LogP contribution in [-0.4, -0.2) is 21.2 Å². The van der Waals surface area contributed by atoms with E-state index in [1.54, 1.807) is 16.7 Å². The van der Waals surface area contributed by atoms with Crippen LogP contribution in [0.25, 0.3) is 15.9 Å². The quantitative estimate of drug-likeness (QED) is 0.298. The molecule has 0 aliphatic heterocycles. The monoisotopic (exact) mass is 469 g/mol. The van der Waals surface area contributed by atoms with E-state index >= 15 is 0 Å². The van der Waals surface area contributed by atoms with Gasteiger partial charge in [-0.2, -0.15) is 0 Å². The van der Waals surface area contributed by atoms with E-state index in [0.717, 1.165) is 22.4 Å². The first-order valence-corrected chi connectivity index (χ1v) is 11.8. The molecule has 0 saturated heterocycles. The number of hydrogen-bond acceptors (Lipinski definition) is 5. The maximum atomic E-state index is 13.3. The first-order valence-electron chi connectivity index (χ1n) is 9.61. The normalized spacial score (nSPS) is 11.1. The minimum Gasteiger partial charge on any atom is -0.325 e. The molecule has 5 nitrogen and oxygen atoms in total. The Bertz CT molecular complexity index is 1360. The summed E-state index contributed by atoms with van der Waals surface area (Å²) in [6, 6.07) is 13.1. The lowest BCUT2D eigenvalue weighted by Crippen LogP contribution is -2.23. The zero-order valence-corrected chi connectivity index (χ0v) is 19.6. The fraction of sp³-hybridized carbons (Fsp3) is 0.174. The second-order valence-electron chi connectivity index (χ2n) is 7.21. The molecule has 1 amide bonds. The van der Waals surface area contributed by atoms with E-state index in [-0.39, 0.29) is 17.2 Å². The Hall–Kier alpha value is -2.61. The molecule has 0 radical (unpaired) electrons. The SMILES string of the molecule is Cc1ccc(-n2c(SCC(=O)Nc3cccc(Cl)c3C)nc3ccsc3c2=O)c(C)c1. The van der Waals surface area contributed by atoms with Gasteiger partial charge in [-0.15, -0.1) is 11.3 Å². The van der Waals surface area contributed by atoms with Crippen molar-refractivity contribution in [1.82, 2.24) is 9.55 Å². The van der Waals surface area contributed by atoms with Gasteiger partial charge < -0.3 is 5.32 Å². The molecule has 8 heteroatoms. The van der Waals surface area contributed by atoms with Gasteiger partial charge >= 0.3 is 0 Å². The molecule has 4 aromatic rings. The van der Waals surface area contributed by atoms with Crippen LogP contribution in [0.2, 0.25) is 5.02 Å². The lowest BCUT2D eigenvalue weighted by Gasteiger charge is -2.15. The molecule has 4 rings (SSSR count). The maximum Gasteiger partial charge on any atom is 0.276 e. The van der Waals surface area contributed by atoms with Crippen molar-refractivity contribution in [2.75, 3.05) is 11.1 Å². The first-order chi connectivity index (χ1) is 14.8. The standard InChI is InChI=1S/C23H20ClN3O2S2/c1-13-7-8-19(14(2)11-13)27-22(29)21-18(9-10-30-21)26-23(27)31-12-20(28)25-17-6-4-5-16(24)15(17)3/h4-11H,12H2,1-3H3,(H,25,28). The van der Waals surface area contributed by atoms with Gasteiger partial charge in [0, 0.05) is 10.7 Å². The Balaban J connectivity index is 1.67. The third-order valence-electron chi connectivity index (χ3n) is 4.92. The number of hydrogen-bond donors (Lipinski definition) is 1. The number of aromatic nitrogens is 2. The van der Waals surface area contributed by atoms with E-state index in [1.165, 1.54) is 23.1 Å². The second-order valence-corrected chi connectivity index (χ2v) is 9.47. The summed E-state index contributed by atoms with van der Waals surface area (Å²) in [5.74, 6) is -0.0823. The Labute approximate surface area is 193 Å². The average molecular weight is 470 g/mol. The number of nitrogens with zero attached hydrogens (tertiary/aromatic N) is 2. The highest BCUT2D eigenvalue weighted by atomic mass is 35.5. The number of thioether (sulfide) groups is 1. The molecule has 0 fully saturated rings. The van der Waals surface area contributed by atoms with Gasteiger partial charge in [-0.3, -0.25) is 14.2 Å². The molecule has 0 aliphatic rings. The van der Waals surface area contributed by atoms with Crippen LogP contribution in [0.4, 0.5) is 5.69 Å². The zero-order valence-electron chi connectivity index (χ0n) is 17.2. The van der Waals surface area contributed by atoms with E-state index in [2.05, 4.69) is 10.3 Å². The minimum atomic E-state index is -0.192. The van der Waals surface area contributed by atoms with Crippen LogP contribution in [0, 0.1) is 20.8 Å². The number of nitrogens with one attached hydrogen (secondary N) is 1. The summed E-state index contributed by atoms with van der Waals surface area (Å²) in [5, 5.41) is 5.83. The maximum absolute atomic E-state index is 13.3. The van der Waals surface area contributed by atoms with Gasteiger partial charge in [0.05, 0.1) is 17.0 Å². The minimum absolute atomic E-state index is 0.110. The first kappa shape index (κ1) is 21.6.